The first-order valence-electron chi connectivity index (χ1n) is 8.56. The summed E-state index contributed by atoms with van der Waals surface area (Å²) in [5, 5.41) is 5.43. The molecule has 0 aliphatic rings. The maximum atomic E-state index is 13.0. The van der Waals surface area contributed by atoms with Crippen molar-refractivity contribution < 1.29 is 18.0 Å². The first kappa shape index (κ1) is 19.4. The Labute approximate surface area is 160 Å². The van der Waals surface area contributed by atoms with Crippen molar-refractivity contribution in [2.24, 2.45) is 0 Å². The van der Waals surface area contributed by atoms with Crippen LogP contribution in [-0.4, -0.2) is 10.9 Å². The summed E-state index contributed by atoms with van der Waals surface area (Å²) < 4.78 is 39.1. The van der Waals surface area contributed by atoms with Crippen LogP contribution in [0.2, 0.25) is 0 Å². The van der Waals surface area contributed by atoms with Crippen LogP contribution in [0, 0.1) is 6.92 Å². The Morgan fingerprint density at radius 3 is 2.36 bits per heavy atom. The number of carbonyl (C=O) groups excluding carboxylic acids is 1. The number of nitrogens with zero attached hydrogens (tertiary/aromatic N) is 1. The molecule has 0 aliphatic carbocycles. The number of nitrogens with one attached hydrogen (secondary N) is 2. The summed E-state index contributed by atoms with van der Waals surface area (Å²) in [6.45, 7) is 2.58. The number of amides is 1. The normalized spacial score (nSPS) is 11.1. The third-order valence-electron chi connectivity index (χ3n) is 4.10. The number of pyridine rings is 1. The maximum Gasteiger partial charge on any atom is 0.418 e. The molecule has 1 aromatic heterocycles. The minimum absolute atomic E-state index is 0.165. The van der Waals surface area contributed by atoms with Crippen molar-refractivity contribution in [3.05, 3.63) is 89.1 Å². The van der Waals surface area contributed by atoms with Crippen LogP contribution in [0.25, 0.3) is 0 Å². The molecule has 2 N–H and O–H groups in total. The number of benzene rings is 2. The van der Waals surface area contributed by atoms with Crippen LogP contribution in [0.1, 0.15) is 27.0 Å². The second-order valence-corrected chi connectivity index (χ2v) is 6.27. The molecule has 3 rings (SSSR count). The largest absolute Gasteiger partial charge is 0.418 e. The van der Waals surface area contributed by atoms with E-state index < -0.39 is 17.6 Å². The van der Waals surface area contributed by atoms with E-state index in [0.29, 0.717) is 12.4 Å². The van der Waals surface area contributed by atoms with Gasteiger partial charge < -0.3 is 10.6 Å². The van der Waals surface area contributed by atoms with Crippen molar-refractivity contribution in [1.29, 1.82) is 0 Å². The SMILES string of the molecule is Cc1ccc(CNc2ccc(C(=O)Nc3ccccc3C(F)(F)F)cn2)cc1. The summed E-state index contributed by atoms with van der Waals surface area (Å²) in [5.74, 6) is -0.0953. The van der Waals surface area contributed by atoms with Gasteiger partial charge in [-0.1, -0.05) is 42.0 Å². The Bertz CT molecular complexity index is 952. The highest BCUT2D eigenvalue weighted by atomic mass is 19.4. The van der Waals surface area contributed by atoms with Crippen molar-refractivity contribution in [2.75, 3.05) is 10.6 Å². The molecule has 0 spiro atoms. The molecule has 1 heterocycles. The lowest BCUT2D eigenvalue weighted by atomic mass is 10.1. The zero-order valence-corrected chi connectivity index (χ0v) is 15.0. The van der Waals surface area contributed by atoms with Crippen LogP contribution in [0.5, 0.6) is 0 Å². The third kappa shape index (κ3) is 4.88. The number of aryl methyl sites for hydroxylation is 1. The molecule has 1 amide bonds. The number of carbonyl (C=O) groups is 1. The second kappa shape index (κ2) is 8.12. The van der Waals surface area contributed by atoms with Gasteiger partial charge in [0.25, 0.3) is 5.91 Å². The van der Waals surface area contributed by atoms with Gasteiger partial charge in [0.2, 0.25) is 0 Å². The van der Waals surface area contributed by atoms with E-state index in [0.717, 1.165) is 11.6 Å². The average Bonchev–Trinajstić information content (AvgIpc) is 2.67. The van der Waals surface area contributed by atoms with Crippen LogP contribution < -0.4 is 10.6 Å². The minimum Gasteiger partial charge on any atom is -0.366 e. The lowest BCUT2D eigenvalue weighted by molar-refractivity contribution is -0.136. The average molecular weight is 385 g/mol. The van der Waals surface area contributed by atoms with Gasteiger partial charge in [0, 0.05) is 12.7 Å². The van der Waals surface area contributed by atoms with Crippen molar-refractivity contribution in [3.8, 4) is 0 Å². The summed E-state index contributed by atoms with van der Waals surface area (Å²) >= 11 is 0. The molecule has 0 atom stereocenters. The molecule has 0 radical (unpaired) electrons. The van der Waals surface area contributed by atoms with Crippen LogP contribution in [0.3, 0.4) is 0 Å². The Hall–Kier alpha value is -3.35. The lowest BCUT2D eigenvalue weighted by Crippen LogP contribution is -2.17. The summed E-state index contributed by atoms with van der Waals surface area (Å²) in [7, 11) is 0. The van der Waals surface area contributed by atoms with E-state index >= 15 is 0 Å². The molecule has 28 heavy (non-hydrogen) atoms. The fourth-order valence-corrected chi connectivity index (χ4v) is 2.57. The molecule has 0 bridgehead atoms. The Morgan fingerprint density at radius 1 is 1.00 bits per heavy atom. The predicted molar refractivity (Wildman–Crippen MR) is 102 cm³/mol. The Morgan fingerprint density at radius 2 is 1.71 bits per heavy atom. The molecule has 0 saturated carbocycles. The molecule has 0 aliphatic heterocycles. The molecule has 4 nitrogen and oxygen atoms in total. The second-order valence-electron chi connectivity index (χ2n) is 6.27. The standard InChI is InChI=1S/C21H18F3N3O/c1-14-6-8-15(9-7-14)12-25-19-11-10-16(13-26-19)20(28)27-18-5-3-2-4-17(18)21(22,23)24/h2-11,13H,12H2,1H3,(H,25,26)(H,27,28). The van der Waals surface area contributed by atoms with E-state index in [1.807, 2.05) is 31.2 Å². The highest BCUT2D eigenvalue weighted by Gasteiger charge is 2.33. The van der Waals surface area contributed by atoms with Gasteiger partial charge >= 0.3 is 6.18 Å². The molecule has 7 heteroatoms. The van der Waals surface area contributed by atoms with E-state index in [9.17, 15) is 18.0 Å². The van der Waals surface area contributed by atoms with Crippen molar-refractivity contribution >= 4 is 17.4 Å². The molecule has 144 valence electrons. The predicted octanol–water partition coefficient (Wildman–Crippen LogP) is 5.27. The van der Waals surface area contributed by atoms with Gasteiger partial charge in [-0.3, -0.25) is 4.79 Å². The van der Waals surface area contributed by atoms with Crippen LogP contribution in [-0.2, 0) is 12.7 Å². The first-order valence-corrected chi connectivity index (χ1v) is 8.56. The van der Waals surface area contributed by atoms with Gasteiger partial charge in [-0.2, -0.15) is 13.2 Å². The quantitative estimate of drug-likeness (QED) is 0.629. The van der Waals surface area contributed by atoms with Gasteiger partial charge in [-0.25, -0.2) is 4.98 Å². The Balaban J connectivity index is 1.65. The summed E-state index contributed by atoms with van der Waals surface area (Å²) in [5.41, 5.74) is 1.23. The van der Waals surface area contributed by atoms with Crippen LogP contribution >= 0.6 is 0 Å². The Kier molecular flexibility index (Phi) is 5.63. The highest BCUT2D eigenvalue weighted by molar-refractivity contribution is 6.04. The number of anilines is 2. The van der Waals surface area contributed by atoms with Gasteiger partial charge in [0.05, 0.1) is 16.8 Å². The van der Waals surface area contributed by atoms with Crippen molar-refractivity contribution in [3.63, 3.8) is 0 Å². The number of alkyl halides is 3. The zero-order valence-electron chi connectivity index (χ0n) is 15.0. The van der Waals surface area contributed by atoms with Crippen LogP contribution in [0.15, 0.2) is 66.9 Å². The number of para-hydroxylation sites is 1. The molecule has 0 fully saturated rings. The van der Waals surface area contributed by atoms with E-state index in [1.54, 1.807) is 6.07 Å². The zero-order chi connectivity index (χ0) is 20.1. The number of hydrogen-bond donors (Lipinski definition) is 2. The molecule has 2 aromatic carbocycles. The molecular weight excluding hydrogens is 367 g/mol. The molecular formula is C21H18F3N3O. The monoisotopic (exact) mass is 385 g/mol. The number of hydrogen-bond acceptors (Lipinski definition) is 3. The van der Waals surface area contributed by atoms with E-state index in [2.05, 4.69) is 15.6 Å². The van der Waals surface area contributed by atoms with Gasteiger partial charge in [0.15, 0.2) is 0 Å². The summed E-state index contributed by atoms with van der Waals surface area (Å²) in [6, 6.07) is 16.0. The fourth-order valence-electron chi connectivity index (χ4n) is 2.57. The fraction of sp³-hybridized carbons (Fsp3) is 0.143. The molecule has 3 aromatic rings. The maximum absolute atomic E-state index is 13.0. The van der Waals surface area contributed by atoms with Crippen LogP contribution in [0.4, 0.5) is 24.7 Å². The number of aromatic nitrogens is 1. The summed E-state index contributed by atoms with van der Waals surface area (Å²) in [6.07, 6.45) is -3.23. The first-order chi connectivity index (χ1) is 13.3. The topological polar surface area (TPSA) is 54.0 Å². The lowest BCUT2D eigenvalue weighted by Gasteiger charge is -2.13. The number of rotatable bonds is 5. The molecule has 0 saturated heterocycles. The van der Waals surface area contributed by atoms with E-state index in [1.165, 1.54) is 36.0 Å². The molecule has 0 unspecified atom stereocenters. The van der Waals surface area contributed by atoms with Gasteiger partial charge in [0.1, 0.15) is 5.82 Å². The number of halogens is 3. The van der Waals surface area contributed by atoms with Crippen molar-refractivity contribution in [2.45, 2.75) is 19.6 Å². The van der Waals surface area contributed by atoms with Crippen molar-refractivity contribution in [1.82, 2.24) is 4.98 Å². The summed E-state index contributed by atoms with van der Waals surface area (Å²) in [4.78, 5) is 16.4. The highest BCUT2D eigenvalue weighted by Crippen LogP contribution is 2.34. The minimum atomic E-state index is -4.55. The van der Waals surface area contributed by atoms with Gasteiger partial charge in [-0.05, 0) is 36.8 Å². The smallest absolute Gasteiger partial charge is 0.366 e. The third-order valence-corrected chi connectivity index (χ3v) is 4.10. The van der Waals surface area contributed by atoms with E-state index in [4.69, 9.17) is 0 Å². The van der Waals surface area contributed by atoms with E-state index in [-0.39, 0.29) is 11.3 Å². The van der Waals surface area contributed by atoms with Gasteiger partial charge in [-0.15, -0.1) is 0 Å².